The Morgan fingerprint density at radius 1 is 1.07 bits per heavy atom. The van der Waals surface area contributed by atoms with Gasteiger partial charge in [0.15, 0.2) is 5.78 Å². The topological polar surface area (TPSA) is 160 Å². The minimum Gasteiger partial charge on any atom is -0.392 e. The molecule has 7 N–H and O–H groups in total. The molecular weight excluding hydrogens is 574 g/mol. The van der Waals surface area contributed by atoms with Crippen LogP contribution in [0.4, 0.5) is 0 Å². The summed E-state index contributed by atoms with van der Waals surface area (Å²) < 4.78 is 6.19. The van der Waals surface area contributed by atoms with Crippen molar-refractivity contribution in [2.24, 2.45) is 40.4 Å². The molecule has 1 aliphatic heterocycles. The van der Waals surface area contributed by atoms with Gasteiger partial charge >= 0.3 is 0 Å². The number of hydrogen-bond acceptors (Lipinski definition) is 9. The number of carbonyl (C=O) groups is 1. The van der Waals surface area contributed by atoms with Crippen molar-refractivity contribution in [2.75, 3.05) is 13.2 Å². The van der Waals surface area contributed by atoms with E-state index in [9.17, 15) is 35.4 Å². The predicted molar refractivity (Wildman–Crippen MR) is 171 cm³/mol. The molecule has 4 aliphatic carbocycles. The highest BCUT2D eigenvalue weighted by atomic mass is 16.5. The second kappa shape index (κ2) is 12.8. The fourth-order valence-electron chi connectivity index (χ4n) is 10.8. The maximum atomic E-state index is 14.2. The van der Waals surface area contributed by atoms with E-state index in [1.807, 2.05) is 13.8 Å². The summed E-state index contributed by atoms with van der Waals surface area (Å²) in [5.74, 6) is -0.972. The van der Waals surface area contributed by atoms with E-state index in [0.717, 1.165) is 12.8 Å². The molecule has 0 spiro atoms. The van der Waals surface area contributed by atoms with Gasteiger partial charge in [0.2, 0.25) is 0 Å². The molecule has 0 aromatic rings. The van der Waals surface area contributed by atoms with Gasteiger partial charge in [0.1, 0.15) is 6.10 Å². The first-order chi connectivity index (χ1) is 21.0. The van der Waals surface area contributed by atoms with Crippen LogP contribution in [0.1, 0.15) is 112 Å². The van der Waals surface area contributed by atoms with Crippen LogP contribution in [0, 0.1) is 40.4 Å². The van der Waals surface area contributed by atoms with E-state index in [1.165, 1.54) is 19.3 Å². The number of aliphatic hydroxyl groups is 6. The number of carbonyl (C=O) groups excluding carboxylic acids is 1. The molecule has 0 bridgehead atoms. The van der Waals surface area contributed by atoms with Crippen LogP contribution in [0.25, 0.3) is 0 Å². The number of allylic oxidation sites excluding steroid dienone is 1. The number of ether oxygens (including phenoxy) is 1. The highest BCUT2D eigenvalue weighted by Crippen LogP contribution is 2.69. The molecule has 5 rings (SSSR count). The molecule has 45 heavy (non-hydrogen) atoms. The molecule has 5 aliphatic rings. The zero-order valence-electron chi connectivity index (χ0n) is 28.5. The third-order valence-corrected chi connectivity index (χ3v) is 13.6. The van der Waals surface area contributed by atoms with Gasteiger partial charge in [-0.15, -0.1) is 0 Å². The Morgan fingerprint density at radius 3 is 2.44 bits per heavy atom. The van der Waals surface area contributed by atoms with Crippen molar-refractivity contribution in [3.63, 3.8) is 0 Å². The lowest BCUT2D eigenvalue weighted by Crippen LogP contribution is -2.65. The molecule has 0 amide bonds. The molecule has 0 aromatic carbocycles. The maximum absolute atomic E-state index is 14.2. The maximum Gasteiger partial charge on any atom is 0.182 e. The standard InChI is InChI=1S/C36H61NO8/c1-7-8-9-10-11-22-19-45-31(21(22)3)32(42)35(6,43)27-13-15-36(44)28-23(12-14-34(27,36)5)33(4)17-26(40)25(39)16-24(33)30(41)29(28)37-18-20(2)38/h20-27,31-32,37-40,42-44H,7-19H2,1-6H3/t20-,21-,22+,23-,24-,25+,26-,27-,31+,32+,33+,34+,35+,36+/m0/s1. The summed E-state index contributed by atoms with van der Waals surface area (Å²) in [5.41, 5.74) is -3.56. The zero-order valence-corrected chi connectivity index (χ0v) is 28.5. The van der Waals surface area contributed by atoms with Crippen LogP contribution in [0.3, 0.4) is 0 Å². The van der Waals surface area contributed by atoms with E-state index in [-0.39, 0.29) is 37.0 Å². The second-order valence-corrected chi connectivity index (χ2v) is 16.4. The third kappa shape index (κ3) is 5.64. The minimum atomic E-state index is -1.55. The normalized spacial score (nSPS) is 45.8. The van der Waals surface area contributed by atoms with E-state index in [0.29, 0.717) is 49.5 Å². The fraction of sp³-hybridized carbons (Fsp3) is 0.917. The van der Waals surface area contributed by atoms with Crippen molar-refractivity contribution in [3.8, 4) is 0 Å². The van der Waals surface area contributed by atoms with E-state index < -0.39 is 64.4 Å². The number of nitrogens with one attached hydrogen (secondary N) is 1. The van der Waals surface area contributed by atoms with Crippen molar-refractivity contribution in [1.82, 2.24) is 5.32 Å². The van der Waals surface area contributed by atoms with Crippen LogP contribution in [0.15, 0.2) is 11.3 Å². The van der Waals surface area contributed by atoms with E-state index in [1.54, 1.807) is 13.8 Å². The van der Waals surface area contributed by atoms with Crippen molar-refractivity contribution in [3.05, 3.63) is 11.3 Å². The Bertz CT molecular complexity index is 1120. The first-order valence-corrected chi connectivity index (χ1v) is 17.9. The van der Waals surface area contributed by atoms with Crippen LogP contribution >= 0.6 is 0 Å². The Hall–Kier alpha value is -1.07. The highest BCUT2D eigenvalue weighted by Gasteiger charge is 2.71. The molecule has 258 valence electrons. The first-order valence-electron chi connectivity index (χ1n) is 17.9. The van der Waals surface area contributed by atoms with Crippen molar-refractivity contribution < 1.29 is 40.2 Å². The quantitative estimate of drug-likeness (QED) is 0.169. The molecule has 1 heterocycles. The summed E-state index contributed by atoms with van der Waals surface area (Å²) >= 11 is 0. The van der Waals surface area contributed by atoms with E-state index in [2.05, 4.69) is 19.2 Å². The van der Waals surface area contributed by atoms with Gasteiger partial charge < -0.3 is 40.7 Å². The molecule has 9 heteroatoms. The Labute approximate surface area is 269 Å². The largest absolute Gasteiger partial charge is 0.392 e. The number of aliphatic hydroxyl groups excluding tert-OH is 4. The fourth-order valence-corrected chi connectivity index (χ4v) is 10.8. The van der Waals surface area contributed by atoms with Crippen molar-refractivity contribution in [2.45, 2.75) is 154 Å². The molecule has 0 radical (unpaired) electrons. The molecular formula is C36H61NO8. The second-order valence-electron chi connectivity index (χ2n) is 16.4. The van der Waals surface area contributed by atoms with E-state index in [4.69, 9.17) is 4.74 Å². The average Bonchev–Trinajstić information content (AvgIpc) is 3.48. The summed E-state index contributed by atoms with van der Waals surface area (Å²) in [4.78, 5) is 14.2. The van der Waals surface area contributed by atoms with Crippen LogP contribution in [-0.4, -0.2) is 91.3 Å². The molecule has 0 unspecified atom stereocenters. The van der Waals surface area contributed by atoms with Crippen molar-refractivity contribution in [1.29, 1.82) is 0 Å². The van der Waals surface area contributed by atoms with Crippen LogP contribution in [-0.2, 0) is 9.53 Å². The van der Waals surface area contributed by atoms with Gasteiger partial charge in [0, 0.05) is 17.9 Å². The number of ketones is 1. The van der Waals surface area contributed by atoms with Gasteiger partial charge in [-0.2, -0.15) is 0 Å². The van der Waals surface area contributed by atoms with Gasteiger partial charge in [-0.1, -0.05) is 53.4 Å². The predicted octanol–water partition coefficient (Wildman–Crippen LogP) is 3.22. The molecule has 1 saturated heterocycles. The number of Topliss-reactive ketones (excluding diaryl/α,β-unsaturated/α-hetero) is 1. The minimum absolute atomic E-state index is 0.0943. The molecule has 9 nitrogen and oxygen atoms in total. The molecule has 4 fully saturated rings. The third-order valence-electron chi connectivity index (χ3n) is 13.6. The lowest BCUT2D eigenvalue weighted by Gasteiger charge is -2.61. The van der Waals surface area contributed by atoms with Gasteiger partial charge in [-0.25, -0.2) is 0 Å². The number of fused-ring (bicyclic) bond motifs is 5. The summed E-state index contributed by atoms with van der Waals surface area (Å²) in [6.07, 6.45) is 3.87. The van der Waals surface area contributed by atoms with Gasteiger partial charge in [0.25, 0.3) is 0 Å². The lowest BCUT2D eigenvalue weighted by atomic mass is 9.45. The summed E-state index contributed by atoms with van der Waals surface area (Å²) in [6.45, 7) is 12.4. The summed E-state index contributed by atoms with van der Waals surface area (Å²) in [6, 6.07) is 0. The van der Waals surface area contributed by atoms with Crippen LogP contribution in [0.5, 0.6) is 0 Å². The monoisotopic (exact) mass is 635 g/mol. The number of hydrogen-bond donors (Lipinski definition) is 7. The Balaban J connectivity index is 1.46. The van der Waals surface area contributed by atoms with Gasteiger partial charge in [-0.05, 0) is 93.5 Å². The van der Waals surface area contributed by atoms with Crippen molar-refractivity contribution >= 4 is 5.78 Å². The number of rotatable bonds is 11. The smallest absolute Gasteiger partial charge is 0.182 e. The van der Waals surface area contributed by atoms with Crippen LogP contribution < -0.4 is 5.32 Å². The molecule has 0 aromatic heterocycles. The molecule has 3 saturated carbocycles. The average molecular weight is 636 g/mol. The first kappa shape index (κ1) is 35.2. The zero-order chi connectivity index (χ0) is 33.1. The Morgan fingerprint density at radius 2 is 1.78 bits per heavy atom. The van der Waals surface area contributed by atoms with Gasteiger partial charge in [-0.3, -0.25) is 4.79 Å². The summed E-state index contributed by atoms with van der Waals surface area (Å²) in [5, 5.41) is 71.7. The Kier molecular flexibility index (Phi) is 9.99. The highest BCUT2D eigenvalue weighted by molar-refractivity contribution is 5.99. The van der Waals surface area contributed by atoms with Gasteiger partial charge in [0.05, 0.1) is 47.9 Å². The number of unbranched alkanes of at least 4 members (excludes halogenated alkanes) is 3. The summed E-state index contributed by atoms with van der Waals surface area (Å²) in [7, 11) is 0. The SMILES string of the molecule is CCCCCC[C@@H]1CO[C@@H]([C@@H](O)[C@](C)(O)[C@H]2CC[C@@]3(O)C4=C(NC[C@H](C)O)C(=O)[C@@H]5C[C@@H](O)[C@@H](O)C[C@]5(C)[C@H]4CC[C@]23C)[C@H]1C. The van der Waals surface area contributed by atoms with Crippen LogP contribution in [0.2, 0.25) is 0 Å². The molecule has 14 atom stereocenters. The van der Waals surface area contributed by atoms with E-state index >= 15 is 0 Å². The lowest BCUT2D eigenvalue weighted by molar-refractivity contribution is -0.195.